The lowest BCUT2D eigenvalue weighted by molar-refractivity contribution is -0.142. The van der Waals surface area contributed by atoms with Gasteiger partial charge in [0.1, 0.15) is 23.7 Å². The molecule has 61 heavy (non-hydrogen) atoms. The van der Waals surface area contributed by atoms with Crippen molar-refractivity contribution >= 4 is 52.6 Å². The third-order valence-corrected chi connectivity index (χ3v) is 10.4. The Labute approximate surface area is 352 Å². The van der Waals surface area contributed by atoms with E-state index in [1.807, 2.05) is 42.5 Å². The number of aliphatic imine (C=N–C) groups is 1. The van der Waals surface area contributed by atoms with E-state index in [0.29, 0.717) is 24.7 Å². The van der Waals surface area contributed by atoms with Crippen LogP contribution >= 0.6 is 0 Å². The smallest absolute Gasteiger partial charge is 0.251 e. The summed E-state index contributed by atoms with van der Waals surface area (Å²) in [6.07, 6.45) is 1.42. The van der Waals surface area contributed by atoms with Crippen LogP contribution in [0.5, 0.6) is 5.75 Å². The number of rotatable bonds is 15. The maximum absolute atomic E-state index is 14.4. The lowest BCUT2D eigenvalue weighted by Gasteiger charge is -2.44. The van der Waals surface area contributed by atoms with Gasteiger partial charge in [0.25, 0.3) is 5.91 Å². The Morgan fingerprint density at radius 2 is 1.57 bits per heavy atom. The molecule has 16 nitrogen and oxygen atoms in total. The number of carbonyl (C=O) groups excluding carboxylic acids is 6. The minimum Gasteiger partial charge on any atom is -0.508 e. The average molecular weight is 838 g/mol. The maximum Gasteiger partial charge on any atom is 0.251 e. The Morgan fingerprint density at radius 1 is 0.885 bits per heavy atom. The third-order valence-electron chi connectivity index (χ3n) is 10.4. The molecule has 10 N–H and O–H groups in total. The summed E-state index contributed by atoms with van der Waals surface area (Å²) in [5, 5.41) is 25.7. The van der Waals surface area contributed by atoms with Crippen LogP contribution in [0.3, 0.4) is 0 Å². The number of aldehydes is 1. The van der Waals surface area contributed by atoms with Crippen molar-refractivity contribution in [2.75, 3.05) is 26.2 Å². The van der Waals surface area contributed by atoms with Crippen molar-refractivity contribution in [3.63, 3.8) is 0 Å². The molecule has 4 aromatic carbocycles. The fraction of sp³-hybridized carbons (Fsp3) is 0.341. The van der Waals surface area contributed by atoms with Crippen LogP contribution in [0.25, 0.3) is 10.8 Å². The second-order valence-electron chi connectivity index (χ2n) is 14.9. The van der Waals surface area contributed by atoms with Gasteiger partial charge in [-0.3, -0.25) is 38.7 Å². The number of benzene rings is 4. The zero-order chi connectivity index (χ0) is 43.9. The van der Waals surface area contributed by atoms with Crippen LogP contribution in [0.4, 0.5) is 4.39 Å². The largest absolute Gasteiger partial charge is 0.508 e. The summed E-state index contributed by atoms with van der Waals surface area (Å²) < 4.78 is 13.4. The molecule has 1 fully saturated rings. The monoisotopic (exact) mass is 837 g/mol. The average Bonchev–Trinajstić information content (AvgIpc) is 3.24. The number of aromatic hydroxyl groups is 1. The topological polar surface area (TPSA) is 250 Å². The van der Waals surface area contributed by atoms with Gasteiger partial charge < -0.3 is 43.2 Å². The standard InChI is InChI=1S/C44H52FN9O7/c1-28-39(58)51-36(9-6-21-49-43(46)47)42(61)52-37(24-30-10-13-31-7-2-3-8-33(31)23-30)41(60)50-26-38(57)53-44(27-55,25-29-11-18-35(56)19-12-29)54(28)22-5-4-20-48-40(59)32-14-16-34(45)17-15-32/h2-3,7-8,10-19,23,27-28,36-37,56H,4-6,9,20-22,24-26H2,1H3,(H,48,59)(H,50,60)(H,51,58)(H,52,61)(H,53,57)(H4,46,47,49). The Balaban J connectivity index is 1.46. The number of halogens is 1. The molecule has 1 saturated heterocycles. The number of fused-ring (bicyclic) bond motifs is 1. The summed E-state index contributed by atoms with van der Waals surface area (Å²) in [6, 6.07) is 20.9. The number of guanidine groups is 1. The van der Waals surface area contributed by atoms with Crippen LogP contribution in [-0.4, -0.2) is 102 Å². The summed E-state index contributed by atoms with van der Waals surface area (Å²) in [5.41, 5.74) is 10.7. The molecular formula is C44H52FN9O7. The normalized spacial score (nSPS) is 20.3. The van der Waals surface area contributed by atoms with Crippen molar-refractivity contribution in [2.24, 2.45) is 16.5 Å². The number of phenolic OH excluding ortho intramolecular Hbond substituents is 1. The molecule has 17 heteroatoms. The highest BCUT2D eigenvalue weighted by Gasteiger charge is 2.43. The minimum absolute atomic E-state index is 0.0274. The Bertz CT molecular complexity index is 2220. The SMILES string of the molecule is CC1C(=O)NC(CCCN=C(N)N)C(=O)NC(Cc2ccc3ccccc3c2)C(=O)NCC(=O)NC(C=O)(Cc2ccc(O)cc2)N1CCCCNC(=O)c1ccc(F)cc1. The van der Waals surface area contributed by atoms with Gasteiger partial charge in [-0.1, -0.05) is 54.6 Å². The van der Waals surface area contributed by atoms with Gasteiger partial charge in [-0.25, -0.2) is 4.39 Å². The molecule has 5 amide bonds. The minimum atomic E-state index is -1.90. The van der Waals surface area contributed by atoms with E-state index in [2.05, 4.69) is 31.6 Å². The molecule has 5 rings (SSSR count). The van der Waals surface area contributed by atoms with Crippen molar-refractivity contribution in [3.8, 4) is 5.75 Å². The van der Waals surface area contributed by atoms with Crippen LogP contribution in [0.1, 0.15) is 54.1 Å². The van der Waals surface area contributed by atoms with Gasteiger partial charge in [-0.05, 0) is 90.9 Å². The third kappa shape index (κ3) is 12.8. The first-order chi connectivity index (χ1) is 29.3. The van der Waals surface area contributed by atoms with Gasteiger partial charge in [-0.15, -0.1) is 0 Å². The first kappa shape index (κ1) is 45.2. The van der Waals surface area contributed by atoms with Gasteiger partial charge in [-0.2, -0.15) is 0 Å². The van der Waals surface area contributed by atoms with Crippen LogP contribution < -0.4 is 38.1 Å². The van der Waals surface area contributed by atoms with Gasteiger partial charge >= 0.3 is 0 Å². The van der Waals surface area contributed by atoms with E-state index >= 15 is 0 Å². The molecule has 322 valence electrons. The predicted molar refractivity (Wildman–Crippen MR) is 227 cm³/mol. The van der Waals surface area contributed by atoms with E-state index in [1.165, 1.54) is 48.2 Å². The molecule has 1 aliphatic rings. The fourth-order valence-corrected chi connectivity index (χ4v) is 7.20. The number of hydrogen-bond acceptors (Lipinski definition) is 9. The highest BCUT2D eigenvalue weighted by Crippen LogP contribution is 2.24. The van der Waals surface area contributed by atoms with Crippen molar-refractivity contribution < 1.29 is 38.3 Å². The van der Waals surface area contributed by atoms with E-state index in [-0.39, 0.29) is 62.6 Å². The summed E-state index contributed by atoms with van der Waals surface area (Å²) in [5.74, 6) is -3.84. The predicted octanol–water partition coefficient (Wildman–Crippen LogP) is 1.53. The summed E-state index contributed by atoms with van der Waals surface area (Å²) in [4.78, 5) is 87.9. The quantitative estimate of drug-likeness (QED) is 0.0371. The van der Waals surface area contributed by atoms with E-state index < -0.39 is 65.7 Å². The number of amides is 5. The van der Waals surface area contributed by atoms with Crippen molar-refractivity contribution in [2.45, 2.75) is 69.2 Å². The molecule has 0 aromatic heterocycles. The fourth-order valence-electron chi connectivity index (χ4n) is 7.20. The molecule has 0 spiro atoms. The molecule has 4 unspecified atom stereocenters. The molecular weight excluding hydrogens is 786 g/mol. The Hall–Kier alpha value is -6.88. The number of nitrogens with one attached hydrogen (secondary N) is 5. The molecule has 4 aromatic rings. The molecule has 4 atom stereocenters. The van der Waals surface area contributed by atoms with Gasteiger partial charge in [0.15, 0.2) is 17.9 Å². The van der Waals surface area contributed by atoms with E-state index in [0.717, 1.165) is 16.3 Å². The van der Waals surface area contributed by atoms with E-state index in [1.54, 1.807) is 12.1 Å². The first-order valence-corrected chi connectivity index (χ1v) is 20.0. The Morgan fingerprint density at radius 3 is 2.28 bits per heavy atom. The Kier molecular flexibility index (Phi) is 15.9. The highest BCUT2D eigenvalue weighted by molar-refractivity contribution is 5.96. The lowest BCUT2D eigenvalue weighted by atomic mass is 9.95. The number of unbranched alkanes of at least 4 members (excludes halogenated alkanes) is 1. The van der Waals surface area contributed by atoms with Crippen molar-refractivity contribution in [1.82, 2.24) is 31.5 Å². The number of nitrogens with zero attached hydrogens (tertiary/aromatic N) is 2. The molecule has 0 aliphatic carbocycles. The van der Waals surface area contributed by atoms with Gasteiger partial charge in [0.2, 0.25) is 23.6 Å². The first-order valence-electron chi connectivity index (χ1n) is 20.0. The summed E-state index contributed by atoms with van der Waals surface area (Å²) in [6.45, 7) is 1.32. The van der Waals surface area contributed by atoms with Crippen molar-refractivity contribution in [3.05, 3.63) is 114 Å². The van der Waals surface area contributed by atoms with Gasteiger partial charge in [0.05, 0.1) is 12.6 Å². The number of hydrogen-bond donors (Lipinski definition) is 8. The second kappa shape index (κ2) is 21.4. The zero-order valence-electron chi connectivity index (χ0n) is 33.9. The molecule has 0 bridgehead atoms. The number of carbonyl (C=O) groups is 6. The van der Waals surface area contributed by atoms with Gasteiger partial charge in [0, 0.05) is 38.0 Å². The van der Waals surface area contributed by atoms with Crippen LogP contribution in [0.2, 0.25) is 0 Å². The highest BCUT2D eigenvalue weighted by atomic mass is 19.1. The van der Waals surface area contributed by atoms with Crippen LogP contribution in [-0.2, 0) is 36.8 Å². The molecule has 0 saturated carbocycles. The molecule has 1 aliphatic heterocycles. The maximum atomic E-state index is 14.4. The summed E-state index contributed by atoms with van der Waals surface area (Å²) in [7, 11) is 0. The number of nitrogens with two attached hydrogens (primary N) is 2. The van der Waals surface area contributed by atoms with Crippen molar-refractivity contribution in [1.29, 1.82) is 0 Å². The number of phenols is 1. The van der Waals surface area contributed by atoms with E-state index in [4.69, 9.17) is 11.5 Å². The second-order valence-corrected chi connectivity index (χ2v) is 14.9. The van der Waals surface area contributed by atoms with Crippen LogP contribution in [0, 0.1) is 5.82 Å². The zero-order valence-corrected chi connectivity index (χ0v) is 33.9. The molecule has 0 radical (unpaired) electrons. The summed E-state index contributed by atoms with van der Waals surface area (Å²) >= 11 is 0. The van der Waals surface area contributed by atoms with Crippen LogP contribution in [0.15, 0.2) is 96.0 Å². The molecule has 1 heterocycles. The van der Waals surface area contributed by atoms with E-state index in [9.17, 15) is 38.3 Å². The lowest BCUT2D eigenvalue weighted by Crippen LogP contribution is -2.69.